The molecule has 2 N–H and O–H groups in total. The summed E-state index contributed by atoms with van der Waals surface area (Å²) < 4.78 is 15.4. The molecule has 4 rings (SSSR count). The third-order valence-electron chi connectivity index (χ3n) is 4.47. The Morgan fingerprint density at radius 3 is 3.00 bits per heavy atom. The molecule has 2 aromatic heterocycles. The number of imidazole rings is 1. The van der Waals surface area contributed by atoms with Crippen LogP contribution in [0.5, 0.6) is 5.75 Å². The summed E-state index contributed by atoms with van der Waals surface area (Å²) >= 11 is 0. The van der Waals surface area contributed by atoms with Gasteiger partial charge in [0.2, 0.25) is 5.82 Å². The minimum Gasteiger partial charge on any atom is -0.497 e. The van der Waals surface area contributed by atoms with E-state index in [0.29, 0.717) is 36.2 Å². The van der Waals surface area contributed by atoms with E-state index in [4.69, 9.17) is 14.0 Å². The molecule has 0 radical (unpaired) electrons. The number of aromatic amines is 1. The first-order valence-electron chi connectivity index (χ1n) is 8.51. The van der Waals surface area contributed by atoms with E-state index in [0.717, 1.165) is 17.0 Å². The highest BCUT2D eigenvalue weighted by Gasteiger charge is 2.27. The molecule has 0 bridgehead atoms. The van der Waals surface area contributed by atoms with Crippen LogP contribution in [-0.4, -0.2) is 46.8 Å². The number of H-pyrrole nitrogens is 1. The summed E-state index contributed by atoms with van der Waals surface area (Å²) in [5.74, 6) is 1.68. The third kappa shape index (κ3) is 3.41. The standard InChI is InChI=1S/C18H19N5O4/c1-25-9-14-21-17(23-27-14)16-20-13-7-11(8-19-18(24)15(13)22-16)10-4-3-5-12(6-10)26-2/h3-6,11H,7-9H2,1-2H3,(H,19,24)(H,20,22)/t11-/m0/s1. The maximum Gasteiger partial charge on any atom is 0.271 e. The van der Waals surface area contributed by atoms with E-state index < -0.39 is 0 Å². The molecule has 9 heteroatoms. The number of nitrogens with one attached hydrogen (secondary N) is 2. The number of nitrogens with zero attached hydrogens (tertiary/aromatic N) is 3. The van der Waals surface area contributed by atoms with Crippen LogP contribution in [0.3, 0.4) is 0 Å². The number of rotatable bonds is 5. The van der Waals surface area contributed by atoms with Gasteiger partial charge in [-0.15, -0.1) is 0 Å². The van der Waals surface area contributed by atoms with E-state index >= 15 is 0 Å². The van der Waals surface area contributed by atoms with Crippen LogP contribution >= 0.6 is 0 Å². The fourth-order valence-electron chi connectivity index (χ4n) is 3.13. The van der Waals surface area contributed by atoms with Crippen molar-refractivity contribution in [3.05, 3.63) is 47.1 Å². The molecule has 0 spiro atoms. The van der Waals surface area contributed by atoms with Gasteiger partial charge in [-0.25, -0.2) is 4.98 Å². The molecular formula is C18H19N5O4. The number of benzene rings is 1. The van der Waals surface area contributed by atoms with Gasteiger partial charge in [-0.2, -0.15) is 4.98 Å². The zero-order valence-electron chi connectivity index (χ0n) is 15.0. The van der Waals surface area contributed by atoms with Crippen molar-refractivity contribution in [3.63, 3.8) is 0 Å². The molecule has 3 aromatic rings. The van der Waals surface area contributed by atoms with Crippen molar-refractivity contribution in [2.45, 2.75) is 18.9 Å². The smallest absolute Gasteiger partial charge is 0.271 e. The molecule has 0 fully saturated rings. The van der Waals surface area contributed by atoms with Crippen molar-refractivity contribution >= 4 is 5.91 Å². The number of aromatic nitrogens is 4. The van der Waals surface area contributed by atoms with Crippen molar-refractivity contribution < 1.29 is 18.8 Å². The lowest BCUT2D eigenvalue weighted by Gasteiger charge is -2.15. The number of amides is 1. The normalized spacial score (nSPS) is 16.5. The van der Waals surface area contributed by atoms with Gasteiger partial charge in [0.15, 0.2) is 5.82 Å². The number of hydrogen-bond acceptors (Lipinski definition) is 7. The molecule has 0 aliphatic carbocycles. The van der Waals surface area contributed by atoms with Crippen LogP contribution in [0.1, 0.15) is 33.6 Å². The van der Waals surface area contributed by atoms with Gasteiger partial charge >= 0.3 is 0 Å². The Morgan fingerprint density at radius 1 is 1.30 bits per heavy atom. The first-order chi connectivity index (χ1) is 13.2. The molecule has 1 amide bonds. The number of methoxy groups -OCH3 is 2. The highest BCUT2D eigenvalue weighted by Crippen LogP contribution is 2.28. The molecule has 27 heavy (non-hydrogen) atoms. The Labute approximate surface area is 155 Å². The van der Waals surface area contributed by atoms with E-state index in [-0.39, 0.29) is 18.4 Å². The van der Waals surface area contributed by atoms with Crippen LogP contribution in [0.2, 0.25) is 0 Å². The van der Waals surface area contributed by atoms with Crippen LogP contribution in [0.4, 0.5) is 0 Å². The van der Waals surface area contributed by atoms with E-state index in [1.165, 1.54) is 0 Å². The minimum atomic E-state index is -0.224. The SMILES string of the molecule is COCc1nc(-c2nc3c([nH]2)C[C@H](c2cccc(OC)c2)CNC3=O)no1. The Morgan fingerprint density at radius 2 is 2.19 bits per heavy atom. The van der Waals surface area contributed by atoms with Gasteiger partial charge in [-0.05, 0) is 24.1 Å². The highest BCUT2D eigenvalue weighted by atomic mass is 16.5. The highest BCUT2D eigenvalue weighted by molar-refractivity contribution is 5.94. The van der Waals surface area contributed by atoms with Crippen molar-refractivity contribution in [3.8, 4) is 17.4 Å². The number of fused-ring (bicyclic) bond motifs is 1. The molecule has 1 aliphatic heterocycles. The van der Waals surface area contributed by atoms with E-state index in [1.807, 2.05) is 24.3 Å². The number of carbonyl (C=O) groups is 1. The lowest BCUT2D eigenvalue weighted by molar-refractivity contribution is 0.0950. The fraction of sp³-hybridized carbons (Fsp3) is 0.333. The summed E-state index contributed by atoms with van der Waals surface area (Å²) in [4.78, 5) is 24.2. The summed E-state index contributed by atoms with van der Waals surface area (Å²) in [7, 11) is 3.18. The van der Waals surface area contributed by atoms with Gasteiger partial charge in [0, 0.05) is 25.3 Å². The lowest BCUT2D eigenvalue weighted by Crippen LogP contribution is -2.26. The average molecular weight is 369 g/mol. The van der Waals surface area contributed by atoms with Crippen LogP contribution in [0, 0.1) is 0 Å². The molecule has 1 aromatic carbocycles. The number of carbonyl (C=O) groups excluding carboxylic acids is 1. The van der Waals surface area contributed by atoms with E-state index in [2.05, 4.69) is 25.4 Å². The molecule has 3 heterocycles. The summed E-state index contributed by atoms with van der Waals surface area (Å²) in [6.07, 6.45) is 0.622. The molecule has 0 saturated heterocycles. The summed E-state index contributed by atoms with van der Waals surface area (Å²) in [6, 6.07) is 7.84. The molecule has 0 saturated carbocycles. The molecule has 1 atom stereocenters. The third-order valence-corrected chi connectivity index (χ3v) is 4.47. The Balaban J connectivity index is 1.64. The van der Waals surface area contributed by atoms with Crippen molar-refractivity contribution in [1.82, 2.24) is 25.4 Å². The number of ether oxygens (including phenoxy) is 2. The van der Waals surface area contributed by atoms with Crippen LogP contribution in [-0.2, 0) is 17.8 Å². The monoisotopic (exact) mass is 369 g/mol. The predicted molar refractivity (Wildman–Crippen MR) is 94.4 cm³/mol. The van der Waals surface area contributed by atoms with Crippen molar-refractivity contribution in [1.29, 1.82) is 0 Å². The van der Waals surface area contributed by atoms with Crippen molar-refractivity contribution in [2.75, 3.05) is 20.8 Å². The minimum absolute atomic E-state index is 0.0907. The van der Waals surface area contributed by atoms with Gasteiger partial charge < -0.3 is 24.3 Å². The largest absolute Gasteiger partial charge is 0.497 e. The second kappa shape index (κ2) is 7.20. The zero-order chi connectivity index (χ0) is 18.8. The topological polar surface area (TPSA) is 115 Å². The van der Waals surface area contributed by atoms with Gasteiger partial charge in [0.05, 0.1) is 7.11 Å². The number of hydrogen-bond donors (Lipinski definition) is 2. The Hall–Kier alpha value is -3.20. The summed E-state index contributed by atoms with van der Waals surface area (Å²) in [5.41, 5.74) is 2.18. The zero-order valence-corrected chi connectivity index (χ0v) is 15.0. The first-order valence-corrected chi connectivity index (χ1v) is 8.51. The van der Waals surface area contributed by atoms with Crippen molar-refractivity contribution in [2.24, 2.45) is 0 Å². The van der Waals surface area contributed by atoms with E-state index in [9.17, 15) is 4.79 Å². The Bertz CT molecular complexity index is 964. The van der Waals surface area contributed by atoms with Crippen LogP contribution in [0.15, 0.2) is 28.8 Å². The first kappa shape index (κ1) is 17.2. The Kier molecular flexibility index (Phi) is 4.59. The predicted octanol–water partition coefficient (Wildman–Crippen LogP) is 1.68. The maximum atomic E-state index is 12.5. The summed E-state index contributed by atoms with van der Waals surface area (Å²) in [5, 5.41) is 6.82. The molecular weight excluding hydrogens is 350 g/mol. The molecule has 0 unspecified atom stereocenters. The molecule has 1 aliphatic rings. The molecule has 140 valence electrons. The van der Waals surface area contributed by atoms with Gasteiger partial charge in [0.25, 0.3) is 11.8 Å². The average Bonchev–Trinajstić information content (AvgIpc) is 3.29. The van der Waals surface area contributed by atoms with Gasteiger partial charge in [-0.3, -0.25) is 4.79 Å². The quantitative estimate of drug-likeness (QED) is 0.703. The maximum absolute atomic E-state index is 12.5. The fourth-order valence-corrected chi connectivity index (χ4v) is 3.13. The molecule has 9 nitrogen and oxygen atoms in total. The van der Waals surface area contributed by atoms with Crippen LogP contribution in [0.25, 0.3) is 11.6 Å². The summed E-state index contributed by atoms with van der Waals surface area (Å²) in [6.45, 7) is 0.734. The second-order valence-corrected chi connectivity index (χ2v) is 6.24. The van der Waals surface area contributed by atoms with Gasteiger partial charge in [-0.1, -0.05) is 17.3 Å². The second-order valence-electron chi connectivity index (χ2n) is 6.24. The lowest BCUT2D eigenvalue weighted by atomic mass is 9.94. The van der Waals surface area contributed by atoms with Gasteiger partial charge in [0.1, 0.15) is 18.1 Å². The van der Waals surface area contributed by atoms with Crippen LogP contribution < -0.4 is 10.1 Å². The van der Waals surface area contributed by atoms with E-state index in [1.54, 1.807) is 14.2 Å².